The van der Waals surface area contributed by atoms with Crippen molar-refractivity contribution in [1.29, 1.82) is 0 Å². The van der Waals surface area contributed by atoms with Gasteiger partial charge in [-0.15, -0.1) is 0 Å². The first-order valence-corrected chi connectivity index (χ1v) is 7.53. The monoisotopic (exact) mass is 285 g/mol. The Kier molecular flexibility index (Phi) is 7.51. The third kappa shape index (κ3) is 6.22. The number of nitrogens with two attached hydrogens (primary N) is 1. The quantitative estimate of drug-likeness (QED) is 0.380. The van der Waals surface area contributed by atoms with Gasteiger partial charge in [0, 0.05) is 19.1 Å². The highest BCUT2D eigenvalue weighted by molar-refractivity contribution is 6.40. The molecule has 0 aromatic heterocycles. The Morgan fingerprint density at radius 1 is 1.45 bits per heavy atom. The lowest BCUT2D eigenvalue weighted by atomic mass is 9.81. The Morgan fingerprint density at radius 3 is 2.75 bits per heavy atom. The summed E-state index contributed by atoms with van der Waals surface area (Å²) in [6.07, 6.45) is 2.68. The van der Waals surface area contributed by atoms with Crippen LogP contribution in [0.3, 0.4) is 0 Å². The van der Waals surface area contributed by atoms with Gasteiger partial charge in [0.25, 0.3) is 0 Å². The predicted molar refractivity (Wildman–Crippen MR) is 80.0 cm³/mol. The predicted octanol–water partition coefficient (Wildman–Crippen LogP) is -0.683. The van der Waals surface area contributed by atoms with Gasteiger partial charge in [-0.25, -0.2) is 0 Å². The fourth-order valence-electron chi connectivity index (χ4n) is 2.67. The van der Waals surface area contributed by atoms with E-state index in [0.717, 1.165) is 25.9 Å². The van der Waals surface area contributed by atoms with Crippen molar-refractivity contribution in [2.45, 2.75) is 51.5 Å². The van der Waals surface area contributed by atoms with Crippen LogP contribution in [0, 0.1) is 11.8 Å². The molecular weight excluding hydrogens is 257 g/mol. The molecule has 116 valence electrons. The smallest absolute Gasteiger partial charge is 0.427 e. The zero-order valence-corrected chi connectivity index (χ0v) is 12.5. The molecule has 1 fully saturated rings. The summed E-state index contributed by atoms with van der Waals surface area (Å²) in [6, 6.07) is -0.355. The lowest BCUT2D eigenvalue weighted by Gasteiger charge is -2.22. The molecule has 0 unspecified atom stereocenters. The molecule has 1 aliphatic rings. The van der Waals surface area contributed by atoms with Crippen LogP contribution in [0.25, 0.3) is 0 Å². The number of carbonyl (C=O) groups is 1. The summed E-state index contributed by atoms with van der Waals surface area (Å²) in [5.74, 6) is 0.655. The van der Waals surface area contributed by atoms with E-state index in [1.54, 1.807) is 0 Å². The van der Waals surface area contributed by atoms with Crippen molar-refractivity contribution in [3.05, 3.63) is 0 Å². The van der Waals surface area contributed by atoms with Gasteiger partial charge in [-0.1, -0.05) is 20.3 Å². The van der Waals surface area contributed by atoms with Gasteiger partial charge < -0.3 is 26.4 Å². The van der Waals surface area contributed by atoms with Gasteiger partial charge in [0.05, 0.1) is 6.04 Å². The molecule has 0 radical (unpaired) electrons. The molecule has 6 nitrogen and oxygen atoms in total. The summed E-state index contributed by atoms with van der Waals surface area (Å²) in [4.78, 5) is 12.0. The number of carbonyl (C=O) groups excluding carboxylic acids is 1. The molecule has 1 rings (SSSR count). The van der Waals surface area contributed by atoms with Crippen molar-refractivity contribution in [1.82, 2.24) is 10.6 Å². The molecule has 0 aliphatic carbocycles. The molecule has 1 heterocycles. The topological polar surface area (TPSA) is 108 Å². The third-order valence-electron chi connectivity index (χ3n) is 3.77. The highest BCUT2D eigenvalue weighted by atomic mass is 16.4. The van der Waals surface area contributed by atoms with E-state index in [-0.39, 0.29) is 11.9 Å². The summed E-state index contributed by atoms with van der Waals surface area (Å²) in [5.41, 5.74) is 5.88. The van der Waals surface area contributed by atoms with E-state index in [4.69, 9.17) is 15.8 Å². The van der Waals surface area contributed by atoms with Crippen LogP contribution in [0.4, 0.5) is 0 Å². The average molecular weight is 285 g/mol. The molecule has 0 aromatic carbocycles. The SMILES string of the molecule is CC(C)C[C@H](N)C(=O)N[C@H]1CNC[C@@H]1CCCB(O)O. The van der Waals surface area contributed by atoms with Crippen molar-refractivity contribution in [2.75, 3.05) is 13.1 Å². The summed E-state index contributed by atoms with van der Waals surface area (Å²) < 4.78 is 0. The number of hydrogen-bond acceptors (Lipinski definition) is 5. The second kappa shape index (κ2) is 8.62. The van der Waals surface area contributed by atoms with Crippen LogP contribution < -0.4 is 16.4 Å². The molecule has 0 aromatic rings. The zero-order valence-electron chi connectivity index (χ0n) is 12.5. The second-order valence-electron chi connectivity index (χ2n) is 6.18. The molecule has 3 atom stereocenters. The summed E-state index contributed by atoms with van der Waals surface area (Å²) in [5, 5.41) is 24.0. The maximum Gasteiger partial charge on any atom is 0.451 e. The van der Waals surface area contributed by atoms with E-state index >= 15 is 0 Å². The molecule has 1 aliphatic heterocycles. The molecule has 1 saturated heterocycles. The molecule has 20 heavy (non-hydrogen) atoms. The summed E-state index contributed by atoms with van der Waals surface area (Å²) in [6.45, 7) is 5.71. The summed E-state index contributed by atoms with van der Waals surface area (Å²) in [7, 11) is -1.24. The minimum Gasteiger partial charge on any atom is -0.427 e. The lowest BCUT2D eigenvalue weighted by Crippen LogP contribution is -2.48. The van der Waals surface area contributed by atoms with Gasteiger partial charge in [0.15, 0.2) is 0 Å². The van der Waals surface area contributed by atoms with E-state index < -0.39 is 13.2 Å². The lowest BCUT2D eigenvalue weighted by molar-refractivity contribution is -0.123. The van der Waals surface area contributed by atoms with Crippen molar-refractivity contribution in [2.24, 2.45) is 17.6 Å². The van der Waals surface area contributed by atoms with Crippen LogP contribution in [0.1, 0.15) is 33.1 Å². The van der Waals surface area contributed by atoms with Crippen LogP contribution in [-0.2, 0) is 4.79 Å². The Balaban J connectivity index is 2.35. The van der Waals surface area contributed by atoms with Crippen LogP contribution in [0.5, 0.6) is 0 Å². The highest BCUT2D eigenvalue weighted by Crippen LogP contribution is 2.17. The zero-order chi connectivity index (χ0) is 15.1. The third-order valence-corrected chi connectivity index (χ3v) is 3.77. The number of nitrogens with one attached hydrogen (secondary N) is 2. The maximum absolute atomic E-state index is 12.0. The highest BCUT2D eigenvalue weighted by Gasteiger charge is 2.29. The molecule has 0 spiro atoms. The van der Waals surface area contributed by atoms with Gasteiger partial charge in [-0.3, -0.25) is 4.79 Å². The largest absolute Gasteiger partial charge is 0.451 e. The van der Waals surface area contributed by atoms with Gasteiger partial charge in [0.1, 0.15) is 0 Å². The minimum atomic E-state index is -1.24. The van der Waals surface area contributed by atoms with E-state index in [0.29, 0.717) is 24.6 Å². The molecule has 1 amide bonds. The van der Waals surface area contributed by atoms with Crippen molar-refractivity contribution in [3.8, 4) is 0 Å². The fraction of sp³-hybridized carbons (Fsp3) is 0.923. The van der Waals surface area contributed by atoms with Crippen molar-refractivity contribution < 1.29 is 14.8 Å². The molecule has 0 bridgehead atoms. The second-order valence-corrected chi connectivity index (χ2v) is 6.18. The average Bonchev–Trinajstić information content (AvgIpc) is 2.75. The summed E-state index contributed by atoms with van der Waals surface area (Å²) >= 11 is 0. The Bertz CT molecular complexity index is 303. The molecule has 0 saturated carbocycles. The number of amides is 1. The van der Waals surface area contributed by atoms with Gasteiger partial charge in [-0.2, -0.15) is 0 Å². The van der Waals surface area contributed by atoms with Crippen LogP contribution in [-0.4, -0.2) is 48.2 Å². The fourth-order valence-corrected chi connectivity index (χ4v) is 2.67. The normalized spacial score (nSPS) is 23.9. The van der Waals surface area contributed by atoms with E-state index in [1.165, 1.54) is 0 Å². The van der Waals surface area contributed by atoms with Gasteiger partial charge in [0.2, 0.25) is 5.91 Å². The van der Waals surface area contributed by atoms with Crippen LogP contribution in [0.2, 0.25) is 6.32 Å². The first kappa shape index (κ1) is 17.4. The number of hydrogen-bond donors (Lipinski definition) is 5. The molecule has 7 heteroatoms. The maximum atomic E-state index is 12.0. The van der Waals surface area contributed by atoms with Gasteiger partial charge >= 0.3 is 7.12 Å². The van der Waals surface area contributed by atoms with Crippen LogP contribution >= 0.6 is 0 Å². The Hall–Kier alpha value is -0.625. The van der Waals surface area contributed by atoms with E-state index in [9.17, 15) is 4.79 Å². The Labute approximate surface area is 121 Å². The van der Waals surface area contributed by atoms with Crippen LogP contribution in [0.15, 0.2) is 0 Å². The standard InChI is InChI=1S/C13H28BN3O3/c1-9(2)6-11(15)13(18)17-12-8-16-7-10(12)4-3-5-14(19)20/h9-12,16,19-20H,3-8,15H2,1-2H3,(H,17,18)/t10-,11-,12-/m0/s1. The van der Waals surface area contributed by atoms with Crippen molar-refractivity contribution >= 4 is 13.0 Å². The van der Waals surface area contributed by atoms with Crippen molar-refractivity contribution in [3.63, 3.8) is 0 Å². The first-order valence-electron chi connectivity index (χ1n) is 7.53. The number of rotatable bonds is 8. The minimum absolute atomic E-state index is 0.0837. The van der Waals surface area contributed by atoms with Gasteiger partial charge in [-0.05, 0) is 31.0 Å². The molecule has 6 N–H and O–H groups in total. The van der Waals surface area contributed by atoms with E-state index in [1.807, 2.05) is 13.8 Å². The van der Waals surface area contributed by atoms with E-state index in [2.05, 4.69) is 10.6 Å². The Morgan fingerprint density at radius 2 is 2.15 bits per heavy atom. The first-order chi connectivity index (χ1) is 9.40. The molecular formula is C13H28BN3O3.